The number of hydrogen-bond donors (Lipinski definition) is 3. The Morgan fingerprint density at radius 2 is 1.29 bits per heavy atom. The average molecular weight is 479 g/mol. The first-order valence-corrected chi connectivity index (χ1v) is 10.8. The molecule has 0 aromatic heterocycles. The molecule has 182 valence electrons. The number of ether oxygens (including phenoxy) is 2. The molecule has 0 amide bonds. The minimum atomic E-state index is -0.536. The van der Waals surface area contributed by atoms with Crippen LogP contribution in [-0.2, 0) is 19.1 Å². The summed E-state index contributed by atoms with van der Waals surface area (Å²) in [5.74, 6) is -2.32. The van der Waals surface area contributed by atoms with Crippen molar-refractivity contribution >= 4 is 34.9 Å². The Balaban J connectivity index is 1.89. The zero-order valence-electron chi connectivity index (χ0n) is 19.5. The molecule has 0 spiro atoms. The first kappa shape index (κ1) is 25.2. The molecule has 3 N–H and O–H groups in total. The molecule has 9 heteroatoms. The summed E-state index contributed by atoms with van der Waals surface area (Å²) in [4.78, 5) is 50.0. The van der Waals surface area contributed by atoms with Crippen LogP contribution in [0, 0.1) is 0 Å². The second-order valence-electron chi connectivity index (χ2n) is 7.95. The van der Waals surface area contributed by atoms with Gasteiger partial charge >= 0.3 is 11.9 Å². The standard InChI is InChI=1S/C26H26N2O7/c1-14(2)25(32)34-12-10-27-17-8-9-18(28-11-13-35-26(33)15(3)4)22-21(17)23(30)16-6-5-7-19(29)20(16)24(22)31/h5-9,27-29H,1,3,10-13H2,2,4H3. The number of benzene rings is 2. The Morgan fingerprint density at radius 1 is 0.800 bits per heavy atom. The Kier molecular flexibility index (Phi) is 7.70. The van der Waals surface area contributed by atoms with Crippen LogP contribution in [0.4, 0.5) is 11.4 Å². The van der Waals surface area contributed by atoms with E-state index in [9.17, 15) is 24.3 Å². The molecular weight excluding hydrogens is 452 g/mol. The van der Waals surface area contributed by atoms with Crippen LogP contribution in [0.3, 0.4) is 0 Å². The lowest BCUT2D eigenvalue weighted by Gasteiger charge is -2.24. The van der Waals surface area contributed by atoms with Gasteiger partial charge in [-0.15, -0.1) is 0 Å². The molecule has 1 aliphatic rings. The summed E-state index contributed by atoms with van der Waals surface area (Å²) < 4.78 is 10.1. The number of rotatable bonds is 10. The van der Waals surface area contributed by atoms with Crippen molar-refractivity contribution in [2.75, 3.05) is 36.9 Å². The van der Waals surface area contributed by atoms with E-state index in [4.69, 9.17) is 9.47 Å². The summed E-state index contributed by atoms with van der Waals surface area (Å²) in [5, 5.41) is 16.4. The summed E-state index contributed by atoms with van der Waals surface area (Å²) in [6, 6.07) is 7.55. The van der Waals surface area contributed by atoms with Gasteiger partial charge in [-0.3, -0.25) is 9.59 Å². The van der Waals surface area contributed by atoms with Crippen LogP contribution in [-0.4, -0.2) is 54.9 Å². The summed E-state index contributed by atoms with van der Waals surface area (Å²) in [6.45, 7) is 10.5. The van der Waals surface area contributed by atoms with E-state index in [0.717, 1.165) is 0 Å². The van der Waals surface area contributed by atoms with E-state index in [-0.39, 0.29) is 65.5 Å². The molecular formula is C26H26N2O7. The van der Waals surface area contributed by atoms with Crippen molar-refractivity contribution in [3.05, 3.63) is 76.9 Å². The van der Waals surface area contributed by atoms with E-state index >= 15 is 0 Å². The largest absolute Gasteiger partial charge is 0.507 e. The van der Waals surface area contributed by atoms with E-state index in [2.05, 4.69) is 23.8 Å². The quantitative estimate of drug-likeness (QED) is 0.228. The van der Waals surface area contributed by atoms with Gasteiger partial charge in [0.2, 0.25) is 0 Å². The highest BCUT2D eigenvalue weighted by atomic mass is 16.5. The fraction of sp³-hybridized carbons (Fsp3) is 0.231. The smallest absolute Gasteiger partial charge is 0.333 e. The Morgan fingerprint density at radius 3 is 1.77 bits per heavy atom. The zero-order chi connectivity index (χ0) is 25.7. The number of nitrogens with one attached hydrogen (secondary N) is 2. The van der Waals surface area contributed by atoms with Crippen LogP contribution >= 0.6 is 0 Å². The third kappa shape index (κ3) is 5.40. The summed E-state index contributed by atoms with van der Waals surface area (Å²) in [5.41, 5.74) is 1.47. The molecule has 0 fully saturated rings. The third-order valence-corrected chi connectivity index (χ3v) is 5.17. The molecule has 0 heterocycles. The normalized spacial score (nSPS) is 11.7. The summed E-state index contributed by atoms with van der Waals surface area (Å²) in [7, 11) is 0. The monoisotopic (exact) mass is 478 g/mol. The van der Waals surface area contributed by atoms with Crippen molar-refractivity contribution in [2.45, 2.75) is 13.8 Å². The predicted molar refractivity (Wildman–Crippen MR) is 130 cm³/mol. The summed E-state index contributed by atoms with van der Waals surface area (Å²) >= 11 is 0. The van der Waals surface area contributed by atoms with Gasteiger partial charge < -0.3 is 25.2 Å². The van der Waals surface area contributed by atoms with E-state index in [1.165, 1.54) is 32.0 Å². The maximum Gasteiger partial charge on any atom is 0.333 e. The van der Waals surface area contributed by atoms with Gasteiger partial charge in [-0.25, -0.2) is 9.59 Å². The number of hydrogen-bond acceptors (Lipinski definition) is 9. The fourth-order valence-electron chi connectivity index (χ4n) is 3.50. The van der Waals surface area contributed by atoms with Crippen molar-refractivity contribution in [3.63, 3.8) is 0 Å². The number of carbonyl (C=O) groups excluding carboxylic acids is 4. The van der Waals surface area contributed by atoms with Crippen molar-refractivity contribution in [1.29, 1.82) is 0 Å². The maximum atomic E-state index is 13.4. The second kappa shape index (κ2) is 10.7. The molecule has 2 aromatic rings. The third-order valence-electron chi connectivity index (χ3n) is 5.17. The molecule has 0 atom stereocenters. The number of carbonyl (C=O) groups is 4. The molecule has 0 aliphatic heterocycles. The van der Waals surface area contributed by atoms with Crippen LogP contribution < -0.4 is 10.6 Å². The van der Waals surface area contributed by atoms with Gasteiger partial charge in [-0.2, -0.15) is 0 Å². The molecule has 0 unspecified atom stereocenters. The predicted octanol–water partition coefficient (Wildman–Crippen LogP) is 3.23. The SMILES string of the molecule is C=C(C)C(=O)OCCNc1ccc(NCCOC(=O)C(=C)C)c2c1C(=O)c1cccc(O)c1C2=O. The van der Waals surface area contributed by atoms with Crippen LogP contribution in [0.2, 0.25) is 0 Å². The molecule has 2 aromatic carbocycles. The second-order valence-corrected chi connectivity index (χ2v) is 7.95. The number of aromatic hydroxyl groups is 1. The fourth-order valence-corrected chi connectivity index (χ4v) is 3.50. The van der Waals surface area contributed by atoms with Crippen molar-refractivity contribution in [3.8, 4) is 5.75 Å². The van der Waals surface area contributed by atoms with E-state index in [1.807, 2.05) is 0 Å². The number of phenols is 1. The van der Waals surface area contributed by atoms with E-state index in [0.29, 0.717) is 11.4 Å². The minimum Gasteiger partial charge on any atom is -0.507 e. The molecule has 0 bridgehead atoms. The lowest BCUT2D eigenvalue weighted by molar-refractivity contribution is -0.139. The van der Waals surface area contributed by atoms with Crippen LogP contribution in [0.5, 0.6) is 5.75 Å². The molecule has 9 nitrogen and oxygen atoms in total. The van der Waals surface area contributed by atoms with Crippen LogP contribution in [0.25, 0.3) is 0 Å². The van der Waals surface area contributed by atoms with E-state index in [1.54, 1.807) is 12.1 Å². The van der Waals surface area contributed by atoms with Gasteiger partial charge in [-0.05, 0) is 32.0 Å². The van der Waals surface area contributed by atoms with Gasteiger partial charge in [0, 0.05) is 41.2 Å². The van der Waals surface area contributed by atoms with Crippen LogP contribution in [0.15, 0.2) is 54.6 Å². The zero-order valence-corrected chi connectivity index (χ0v) is 19.5. The molecule has 0 saturated carbocycles. The number of esters is 2. The Bertz CT molecular complexity index is 1250. The lowest BCUT2D eigenvalue weighted by atomic mass is 9.81. The summed E-state index contributed by atoms with van der Waals surface area (Å²) in [6.07, 6.45) is 0. The highest BCUT2D eigenvalue weighted by Crippen LogP contribution is 2.39. The first-order chi connectivity index (χ1) is 16.6. The molecule has 35 heavy (non-hydrogen) atoms. The number of fused-ring (bicyclic) bond motifs is 2. The van der Waals surface area contributed by atoms with Gasteiger partial charge in [0.05, 0.1) is 16.7 Å². The van der Waals surface area contributed by atoms with Gasteiger partial charge in [-0.1, -0.05) is 25.3 Å². The van der Waals surface area contributed by atoms with Gasteiger partial charge in [0.1, 0.15) is 19.0 Å². The minimum absolute atomic E-state index is 0.0124. The molecule has 3 rings (SSSR count). The topological polar surface area (TPSA) is 131 Å². The Hall–Kier alpha value is -4.40. The molecule has 0 saturated heterocycles. The van der Waals surface area contributed by atoms with Gasteiger partial charge in [0.25, 0.3) is 0 Å². The maximum absolute atomic E-state index is 13.4. The molecule has 0 radical (unpaired) electrons. The number of ketones is 2. The molecule has 1 aliphatic carbocycles. The van der Waals surface area contributed by atoms with Crippen molar-refractivity contribution in [1.82, 2.24) is 0 Å². The first-order valence-electron chi connectivity index (χ1n) is 10.8. The average Bonchev–Trinajstić information content (AvgIpc) is 2.82. The highest BCUT2D eigenvalue weighted by Gasteiger charge is 2.35. The number of phenolic OH excluding ortho intramolecular Hbond substituents is 1. The highest BCUT2D eigenvalue weighted by molar-refractivity contribution is 6.32. The van der Waals surface area contributed by atoms with Gasteiger partial charge in [0.15, 0.2) is 11.6 Å². The van der Waals surface area contributed by atoms with E-state index < -0.39 is 23.5 Å². The Labute approximate surface area is 202 Å². The van der Waals surface area contributed by atoms with Crippen LogP contribution in [0.1, 0.15) is 45.7 Å². The van der Waals surface area contributed by atoms with Crippen molar-refractivity contribution in [2.24, 2.45) is 0 Å². The lowest BCUT2D eigenvalue weighted by Crippen LogP contribution is -2.25. The van der Waals surface area contributed by atoms with Crippen molar-refractivity contribution < 1.29 is 33.8 Å². The number of anilines is 2.